The first-order chi connectivity index (χ1) is 16.8. The lowest BCUT2D eigenvalue weighted by atomic mass is 9.96. The van der Waals surface area contributed by atoms with Crippen LogP contribution in [-0.4, -0.2) is 60.8 Å². The van der Waals surface area contributed by atoms with Gasteiger partial charge in [-0.3, -0.25) is 9.59 Å². The van der Waals surface area contributed by atoms with Gasteiger partial charge in [-0.2, -0.15) is 0 Å². The topological polar surface area (TPSA) is 148 Å². The molecule has 1 fully saturated rings. The summed E-state index contributed by atoms with van der Waals surface area (Å²) in [6, 6.07) is 9.38. The molecule has 11 nitrogen and oxygen atoms in total. The number of benzene rings is 2. The summed E-state index contributed by atoms with van der Waals surface area (Å²) in [4.78, 5) is 42.1. The summed E-state index contributed by atoms with van der Waals surface area (Å²) in [5.74, 6) is 1.20. The van der Waals surface area contributed by atoms with Gasteiger partial charge in [0.1, 0.15) is 22.9 Å². The molecule has 0 saturated carbocycles. The fraction of sp³-hybridized carbons (Fsp3) is 0.292. The summed E-state index contributed by atoms with van der Waals surface area (Å²) in [7, 11) is 3.14. The average Bonchev–Trinajstić information content (AvgIpc) is 3.29. The lowest BCUT2D eigenvalue weighted by Gasteiger charge is -2.44. The zero-order chi connectivity index (χ0) is 24.7. The number of methoxy groups -OCH3 is 2. The molecular weight excluding hydrogens is 454 g/mol. The first-order valence-corrected chi connectivity index (χ1v) is 11.1. The molecule has 1 saturated heterocycles. The maximum absolute atomic E-state index is 13.3. The second-order valence-corrected chi connectivity index (χ2v) is 8.48. The zero-order valence-electron chi connectivity index (χ0n) is 19.3. The SMILES string of the molecule is COc1ccc(OC)c2[nH]c(C(=O)N3CCC4(CC3)NC(=O)c3cc(NC(N)=O)ccc3O4)cc12. The molecule has 11 heteroatoms. The van der Waals surface area contributed by atoms with Crippen molar-refractivity contribution < 1.29 is 28.6 Å². The number of likely N-dealkylation sites (tertiary alicyclic amines) is 1. The molecule has 1 aromatic heterocycles. The summed E-state index contributed by atoms with van der Waals surface area (Å²) >= 11 is 0. The van der Waals surface area contributed by atoms with Gasteiger partial charge in [0.25, 0.3) is 11.8 Å². The molecule has 2 aliphatic rings. The monoisotopic (exact) mass is 479 g/mol. The van der Waals surface area contributed by atoms with E-state index in [0.29, 0.717) is 65.6 Å². The maximum Gasteiger partial charge on any atom is 0.316 e. The molecule has 2 aromatic carbocycles. The van der Waals surface area contributed by atoms with Gasteiger partial charge in [0.15, 0.2) is 5.72 Å². The summed E-state index contributed by atoms with van der Waals surface area (Å²) < 4.78 is 17.0. The number of carbonyl (C=O) groups is 3. The Bertz CT molecular complexity index is 1300. The smallest absolute Gasteiger partial charge is 0.316 e. The molecule has 5 N–H and O–H groups in total. The molecule has 4 amide bonds. The van der Waals surface area contributed by atoms with Crippen molar-refractivity contribution in [2.45, 2.75) is 18.6 Å². The number of anilines is 1. The first kappa shape index (κ1) is 22.4. The van der Waals surface area contributed by atoms with Crippen LogP contribution >= 0.6 is 0 Å². The van der Waals surface area contributed by atoms with Crippen LogP contribution in [0.5, 0.6) is 17.2 Å². The van der Waals surface area contributed by atoms with Gasteiger partial charge in [-0.05, 0) is 36.4 Å². The van der Waals surface area contributed by atoms with Crippen LogP contribution in [-0.2, 0) is 0 Å². The Balaban J connectivity index is 1.32. The van der Waals surface area contributed by atoms with Crippen LogP contribution in [0.15, 0.2) is 36.4 Å². The number of nitrogens with two attached hydrogens (primary N) is 1. The average molecular weight is 479 g/mol. The minimum Gasteiger partial charge on any atom is -0.496 e. The van der Waals surface area contributed by atoms with Gasteiger partial charge >= 0.3 is 6.03 Å². The number of urea groups is 1. The lowest BCUT2D eigenvalue weighted by Crippen LogP contribution is -2.61. The van der Waals surface area contributed by atoms with E-state index in [4.69, 9.17) is 19.9 Å². The summed E-state index contributed by atoms with van der Waals surface area (Å²) in [5, 5.41) is 6.14. The number of aromatic nitrogens is 1. The van der Waals surface area contributed by atoms with Crippen LogP contribution in [0, 0.1) is 0 Å². The Hall–Kier alpha value is -4.41. The highest BCUT2D eigenvalue weighted by Crippen LogP contribution is 2.36. The van der Waals surface area contributed by atoms with Crippen molar-refractivity contribution in [1.82, 2.24) is 15.2 Å². The Labute approximate surface area is 200 Å². The van der Waals surface area contributed by atoms with Crippen molar-refractivity contribution in [3.63, 3.8) is 0 Å². The highest BCUT2D eigenvalue weighted by atomic mass is 16.5. The van der Waals surface area contributed by atoms with Crippen molar-refractivity contribution in [1.29, 1.82) is 0 Å². The van der Waals surface area contributed by atoms with Crippen molar-refractivity contribution >= 4 is 34.4 Å². The third-order valence-electron chi connectivity index (χ3n) is 6.38. The molecule has 0 bridgehead atoms. The van der Waals surface area contributed by atoms with E-state index in [1.54, 1.807) is 49.5 Å². The van der Waals surface area contributed by atoms with E-state index >= 15 is 0 Å². The van der Waals surface area contributed by atoms with Crippen molar-refractivity contribution in [3.8, 4) is 17.2 Å². The fourth-order valence-corrected chi connectivity index (χ4v) is 4.63. The van der Waals surface area contributed by atoms with Gasteiger partial charge in [0.05, 0.1) is 25.3 Å². The number of rotatable bonds is 4. The van der Waals surface area contributed by atoms with Gasteiger partial charge in [0.2, 0.25) is 0 Å². The number of hydrogen-bond acceptors (Lipinski definition) is 6. The van der Waals surface area contributed by atoms with Crippen LogP contribution in [0.2, 0.25) is 0 Å². The number of piperidine rings is 1. The predicted molar refractivity (Wildman–Crippen MR) is 127 cm³/mol. The molecule has 3 aromatic rings. The van der Waals surface area contributed by atoms with Gasteiger partial charge < -0.3 is 40.5 Å². The second-order valence-electron chi connectivity index (χ2n) is 8.48. The molecule has 2 aliphatic heterocycles. The molecule has 35 heavy (non-hydrogen) atoms. The van der Waals surface area contributed by atoms with Gasteiger partial charge in [-0.1, -0.05) is 0 Å². The Morgan fingerprint density at radius 3 is 2.49 bits per heavy atom. The third kappa shape index (κ3) is 3.94. The van der Waals surface area contributed by atoms with E-state index < -0.39 is 11.8 Å². The molecule has 182 valence electrons. The van der Waals surface area contributed by atoms with E-state index in [1.807, 2.05) is 0 Å². The Morgan fingerprint density at radius 1 is 1.09 bits per heavy atom. The summed E-state index contributed by atoms with van der Waals surface area (Å²) in [6.07, 6.45) is 0.830. The van der Waals surface area contributed by atoms with Gasteiger partial charge in [-0.15, -0.1) is 0 Å². The number of hydrogen-bond donors (Lipinski definition) is 4. The summed E-state index contributed by atoms with van der Waals surface area (Å²) in [5.41, 5.74) is 6.06. The third-order valence-corrected chi connectivity index (χ3v) is 6.38. The highest BCUT2D eigenvalue weighted by Gasteiger charge is 2.43. The number of aromatic amines is 1. The molecule has 3 heterocycles. The number of primary amides is 1. The molecule has 0 atom stereocenters. The van der Waals surface area contributed by atoms with E-state index in [0.717, 1.165) is 5.39 Å². The van der Waals surface area contributed by atoms with Crippen LogP contribution < -0.4 is 30.6 Å². The molecule has 5 rings (SSSR count). The minimum absolute atomic E-state index is 0.162. The first-order valence-electron chi connectivity index (χ1n) is 11.1. The maximum atomic E-state index is 13.3. The number of carbonyl (C=O) groups excluding carboxylic acids is 3. The van der Waals surface area contributed by atoms with Crippen LogP contribution in [0.4, 0.5) is 10.5 Å². The van der Waals surface area contributed by atoms with Crippen LogP contribution in [0.25, 0.3) is 10.9 Å². The van der Waals surface area contributed by atoms with E-state index in [9.17, 15) is 14.4 Å². The van der Waals surface area contributed by atoms with Crippen LogP contribution in [0.1, 0.15) is 33.7 Å². The van der Waals surface area contributed by atoms with Crippen LogP contribution in [0.3, 0.4) is 0 Å². The van der Waals surface area contributed by atoms with Gasteiger partial charge in [-0.25, -0.2) is 4.79 Å². The highest BCUT2D eigenvalue weighted by molar-refractivity contribution is 6.02. The molecular formula is C24H25N5O6. The molecule has 0 radical (unpaired) electrons. The van der Waals surface area contributed by atoms with E-state index in [2.05, 4.69) is 15.6 Å². The zero-order valence-corrected chi connectivity index (χ0v) is 19.3. The quantitative estimate of drug-likeness (QED) is 0.452. The minimum atomic E-state index is -0.910. The number of nitrogens with one attached hydrogen (secondary N) is 3. The number of amides is 4. The summed E-state index contributed by atoms with van der Waals surface area (Å²) in [6.45, 7) is 0.777. The number of nitrogens with zero attached hydrogens (tertiary/aromatic N) is 1. The van der Waals surface area contributed by atoms with E-state index in [1.165, 1.54) is 6.07 Å². The van der Waals surface area contributed by atoms with Crippen molar-refractivity contribution in [2.75, 3.05) is 32.6 Å². The van der Waals surface area contributed by atoms with Crippen molar-refractivity contribution in [2.24, 2.45) is 5.73 Å². The second kappa shape index (κ2) is 8.42. The molecule has 0 aliphatic carbocycles. The Kier molecular flexibility index (Phi) is 5.39. The predicted octanol–water partition coefficient (Wildman–Crippen LogP) is 2.43. The Morgan fingerprint density at radius 2 is 1.80 bits per heavy atom. The van der Waals surface area contributed by atoms with E-state index in [-0.39, 0.29) is 11.8 Å². The fourth-order valence-electron chi connectivity index (χ4n) is 4.63. The largest absolute Gasteiger partial charge is 0.496 e. The molecule has 1 spiro atoms. The number of fused-ring (bicyclic) bond motifs is 2. The standard InChI is InChI=1S/C24H25N5O6/c1-33-17-5-6-19(34-2)20-14(17)12-16(27-20)22(31)29-9-7-24(8-10-29)28-21(30)15-11-13(26-23(25)32)3-4-18(15)35-24/h3-6,11-12,27H,7-10H2,1-2H3,(H,28,30)(H3,25,26,32). The van der Waals surface area contributed by atoms with Gasteiger partial charge in [0, 0.05) is 37.0 Å². The lowest BCUT2D eigenvalue weighted by molar-refractivity contribution is -0.0246. The molecule has 0 unspecified atom stereocenters. The van der Waals surface area contributed by atoms with Crippen molar-refractivity contribution in [3.05, 3.63) is 47.7 Å². The number of H-pyrrole nitrogens is 1. The normalized spacial score (nSPS) is 16.3. The number of ether oxygens (including phenoxy) is 3.